The van der Waals surface area contributed by atoms with E-state index in [-0.39, 0.29) is 17.2 Å². The largest absolute Gasteiger partial charge is 0.497 e. The molecule has 3 rings (SSSR count). The minimum Gasteiger partial charge on any atom is -0.497 e. The Hall–Kier alpha value is -2.75. The van der Waals surface area contributed by atoms with E-state index in [2.05, 4.69) is 9.71 Å². The van der Waals surface area contributed by atoms with Crippen molar-refractivity contribution in [2.75, 3.05) is 13.7 Å². The van der Waals surface area contributed by atoms with Crippen LogP contribution < -0.4 is 9.46 Å². The van der Waals surface area contributed by atoms with Gasteiger partial charge in [0.15, 0.2) is 9.84 Å². The Labute approximate surface area is 176 Å². The Morgan fingerprint density at radius 1 is 0.933 bits per heavy atom. The number of hydrogen-bond donors (Lipinski definition) is 1. The van der Waals surface area contributed by atoms with Gasteiger partial charge < -0.3 is 4.74 Å². The SMILES string of the molecule is COc1ccc(S(=O)(=O)C(CNS(=O)(=O)Cc2ccccc2)c2cccnc2)cc1. The Kier molecular flexibility index (Phi) is 6.86. The summed E-state index contributed by atoms with van der Waals surface area (Å²) < 4.78 is 59.2. The number of ether oxygens (including phenoxy) is 1. The molecule has 0 bridgehead atoms. The van der Waals surface area contributed by atoms with Crippen molar-refractivity contribution in [1.29, 1.82) is 0 Å². The molecule has 0 fully saturated rings. The highest BCUT2D eigenvalue weighted by atomic mass is 32.2. The molecule has 1 aromatic heterocycles. The maximum atomic E-state index is 13.3. The first-order chi connectivity index (χ1) is 14.3. The molecule has 1 atom stereocenters. The zero-order valence-corrected chi connectivity index (χ0v) is 17.9. The molecule has 0 radical (unpaired) electrons. The van der Waals surface area contributed by atoms with Gasteiger partial charge in [-0.25, -0.2) is 21.6 Å². The molecular weight excluding hydrogens is 424 g/mol. The molecule has 2 aromatic carbocycles. The minimum atomic E-state index is -3.90. The molecule has 0 aliphatic heterocycles. The Balaban J connectivity index is 1.88. The molecule has 0 aliphatic carbocycles. The first-order valence-corrected chi connectivity index (χ1v) is 12.3. The van der Waals surface area contributed by atoms with Gasteiger partial charge in [0.2, 0.25) is 10.0 Å². The molecule has 158 valence electrons. The van der Waals surface area contributed by atoms with Gasteiger partial charge in [0.05, 0.1) is 17.8 Å². The van der Waals surface area contributed by atoms with E-state index in [0.717, 1.165) is 0 Å². The van der Waals surface area contributed by atoms with Gasteiger partial charge in [0.1, 0.15) is 11.0 Å². The Morgan fingerprint density at radius 2 is 1.63 bits per heavy atom. The standard InChI is InChI=1S/C21H22N2O5S2/c1-28-19-9-11-20(12-10-19)30(26,27)21(18-8-5-13-22-14-18)15-23-29(24,25)16-17-6-3-2-4-7-17/h2-14,21,23H,15-16H2,1H3. The van der Waals surface area contributed by atoms with Crippen molar-refractivity contribution >= 4 is 19.9 Å². The normalized spacial score (nSPS) is 13.0. The molecule has 30 heavy (non-hydrogen) atoms. The molecule has 0 spiro atoms. The molecular formula is C21H22N2O5S2. The molecule has 1 N–H and O–H groups in total. The van der Waals surface area contributed by atoms with Crippen LogP contribution in [0.4, 0.5) is 0 Å². The summed E-state index contributed by atoms with van der Waals surface area (Å²) in [7, 11) is -6.15. The summed E-state index contributed by atoms with van der Waals surface area (Å²) in [5.74, 6) is 0.284. The molecule has 0 amide bonds. The van der Waals surface area contributed by atoms with Crippen molar-refractivity contribution < 1.29 is 21.6 Å². The number of pyridine rings is 1. The third-order valence-electron chi connectivity index (χ3n) is 4.51. The number of sulfonamides is 1. The number of methoxy groups -OCH3 is 1. The van der Waals surface area contributed by atoms with Crippen molar-refractivity contribution in [3.05, 3.63) is 90.3 Å². The lowest BCUT2D eigenvalue weighted by molar-refractivity contribution is 0.414. The predicted octanol–water partition coefficient (Wildman–Crippen LogP) is 2.72. The van der Waals surface area contributed by atoms with Crippen molar-refractivity contribution in [2.24, 2.45) is 0 Å². The molecule has 7 nitrogen and oxygen atoms in total. The summed E-state index contributed by atoms with van der Waals surface area (Å²) in [6, 6.07) is 17.9. The highest BCUT2D eigenvalue weighted by Gasteiger charge is 2.30. The number of benzene rings is 2. The average Bonchev–Trinajstić information content (AvgIpc) is 2.75. The van der Waals surface area contributed by atoms with E-state index in [1.165, 1.54) is 31.6 Å². The van der Waals surface area contributed by atoms with E-state index in [0.29, 0.717) is 16.9 Å². The third kappa shape index (κ3) is 5.44. The fourth-order valence-corrected chi connectivity index (χ4v) is 5.85. The maximum absolute atomic E-state index is 13.3. The van der Waals surface area contributed by atoms with Gasteiger partial charge in [0.25, 0.3) is 0 Å². The summed E-state index contributed by atoms with van der Waals surface area (Å²) in [6.07, 6.45) is 2.96. The number of nitrogens with zero attached hydrogens (tertiary/aromatic N) is 1. The first-order valence-electron chi connectivity index (χ1n) is 9.11. The molecule has 9 heteroatoms. The van der Waals surface area contributed by atoms with Crippen molar-refractivity contribution in [3.8, 4) is 5.75 Å². The van der Waals surface area contributed by atoms with E-state index < -0.39 is 25.1 Å². The highest BCUT2D eigenvalue weighted by Crippen LogP contribution is 2.29. The Bertz CT molecular complexity index is 1170. The van der Waals surface area contributed by atoms with Gasteiger partial charge in [-0.05, 0) is 41.5 Å². The average molecular weight is 447 g/mol. The van der Waals surface area contributed by atoms with E-state index in [4.69, 9.17) is 4.74 Å². The zero-order chi connectivity index (χ0) is 21.6. The lowest BCUT2D eigenvalue weighted by Gasteiger charge is -2.19. The number of sulfone groups is 1. The topological polar surface area (TPSA) is 102 Å². The fraction of sp³-hybridized carbons (Fsp3) is 0.190. The highest BCUT2D eigenvalue weighted by molar-refractivity contribution is 7.92. The molecule has 0 saturated heterocycles. The molecule has 1 heterocycles. The maximum Gasteiger partial charge on any atom is 0.215 e. The van der Waals surface area contributed by atoms with Gasteiger partial charge in [-0.2, -0.15) is 0 Å². The van der Waals surface area contributed by atoms with Crippen LogP contribution in [0.2, 0.25) is 0 Å². The smallest absolute Gasteiger partial charge is 0.215 e. The lowest BCUT2D eigenvalue weighted by atomic mass is 10.2. The van der Waals surface area contributed by atoms with E-state index in [1.807, 2.05) is 0 Å². The summed E-state index contributed by atoms with van der Waals surface area (Å²) in [5, 5.41) is -1.13. The second-order valence-electron chi connectivity index (χ2n) is 6.59. The van der Waals surface area contributed by atoms with Crippen LogP contribution in [0.1, 0.15) is 16.4 Å². The minimum absolute atomic E-state index is 0.0689. The van der Waals surface area contributed by atoms with Gasteiger partial charge >= 0.3 is 0 Å². The zero-order valence-electron chi connectivity index (χ0n) is 16.3. The fourth-order valence-electron chi connectivity index (χ4n) is 2.95. The van der Waals surface area contributed by atoms with Crippen LogP contribution in [0.25, 0.3) is 0 Å². The van der Waals surface area contributed by atoms with Crippen LogP contribution in [0.5, 0.6) is 5.75 Å². The van der Waals surface area contributed by atoms with Crippen LogP contribution in [-0.2, 0) is 25.6 Å². The predicted molar refractivity (Wildman–Crippen MR) is 114 cm³/mol. The van der Waals surface area contributed by atoms with E-state index in [1.54, 1.807) is 54.6 Å². The monoisotopic (exact) mass is 446 g/mol. The van der Waals surface area contributed by atoms with Gasteiger partial charge in [-0.3, -0.25) is 4.98 Å². The summed E-state index contributed by atoms with van der Waals surface area (Å²) in [4.78, 5) is 4.06. The second-order valence-corrected chi connectivity index (χ2v) is 10.5. The van der Waals surface area contributed by atoms with Crippen LogP contribution in [0.3, 0.4) is 0 Å². The molecule has 3 aromatic rings. The Morgan fingerprint density at radius 3 is 2.23 bits per heavy atom. The van der Waals surface area contributed by atoms with Crippen molar-refractivity contribution in [1.82, 2.24) is 9.71 Å². The number of nitrogens with one attached hydrogen (secondary N) is 1. The second kappa shape index (κ2) is 9.38. The van der Waals surface area contributed by atoms with Crippen molar-refractivity contribution in [2.45, 2.75) is 15.9 Å². The molecule has 0 saturated carbocycles. The van der Waals surface area contributed by atoms with E-state index >= 15 is 0 Å². The summed E-state index contributed by atoms with van der Waals surface area (Å²) >= 11 is 0. The molecule has 0 aliphatic rings. The number of rotatable bonds is 9. The lowest BCUT2D eigenvalue weighted by Crippen LogP contribution is -2.32. The van der Waals surface area contributed by atoms with Crippen molar-refractivity contribution in [3.63, 3.8) is 0 Å². The van der Waals surface area contributed by atoms with E-state index in [9.17, 15) is 16.8 Å². The van der Waals surface area contributed by atoms with Crippen LogP contribution >= 0.6 is 0 Å². The van der Waals surface area contributed by atoms with Gasteiger partial charge in [-0.15, -0.1) is 0 Å². The van der Waals surface area contributed by atoms with Gasteiger partial charge in [-0.1, -0.05) is 36.4 Å². The summed E-state index contributed by atoms with van der Waals surface area (Å²) in [6.45, 7) is -0.310. The molecule has 1 unspecified atom stereocenters. The summed E-state index contributed by atoms with van der Waals surface area (Å²) in [5.41, 5.74) is 1.01. The van der Waals surface area contributed by atoms with Crippen LogP contribution in [0, 0.1) is 0 Å². The van der Waals surface area contributed by atoms with Crippen LogP contribution in [-0.4, -0.2) is 35.5 Å². The number of aromatic nitrogens is 1. The first kappa shape index (κ1) is 21.9. The number of hydrogen-bond acceptors (Lipinski definition) is 6. The van der Waals surface area contributed by atoms with Crippen LogP contribution in [0.15, 0.2) is 84.0 Å². The third-order valence-corrected chi connectivity index (χ3v) is 7.94. The van der Waals surface area contributed by atoms with Gasteiger partial charge in [0, 0.05) is 18.9 Å². The quantitative estimate of drug-likeness (QED) is 0.542.